The molecule has 7 heteroatoms. The van der Waals surface area contributed by atoms with Crippen LogP contribution in [0.2, 0.25) is 5.02 Å². The summed E-state index contributed by atoms with van der Waals surface area (Å²) in [7, 11) is 0. The van der Waals surface area contributed by atoms with Crippen molar-refractivity contribution in [1.29, 1.82) is 0 Å². The van der Waals surface area contributed by atoms with Crippen LogP contribution in [0, 0.1) is 11.2 Å². The van der Waals surface area contributed by atoms with Crippen molar-refractivity contribution in [3.8, 4) is 0 Å². The average Bonchev–Trinajstić information content (AvgIpc) is 2.59. The normalized spacial score (nSPS) is 15.3. The van der Waals surface area contributed by atoms with E-state index in [-0.39, 0.29) is 30.5 Å². The fourth-order valence-electron chi connectivity index (χ4n) is 3.22. The second kappa shape index (κ2) is 7.41. The first-order chi connectivity index (χ1) is 12.4. The third-order valence-electron chi connectivity index (χ3n) is 4.50. The number of hydrogen-bond acceptors (Lipinski definition) is 3. The number of pyridine rings is 1. The predicted octanol–water partition coefficient (Wildman–Crippen LogP) is 2.70. The van der Waals surface area contributed by atoms with Gasteiger partial charge in [-0.2, -0.15) is 0 Å². The molecule has 0 radical (unpaired) electrons. The van der Waals surface area contributed by atoms with Gasteiger partial charge in [0.1, 0.15) is 5.82 Å². The maximum absolute atomic E-state index is 13.3. The maximum atomic E-state index is 13.3. The number of carbonyl (C=O) groups excluding carboxylic acids is 2. The molecule has 2 aromatic rings. The van der Waals surface area contributed by atoms with Crippen molar-refractivity contribution in [2.24, 2.45) is 5.41 Å². The molecule has 1 saturated heterocycles. The summed E-state index contributed by atoms with van der Waals surface area (Å²) in [5.74, 6) is -0.975. The van der Waals surface area contributed by atoms with Crippen LogP contribution in [0.25, 0.3) is 0 Å². The van der Waals surface area contributed by atoms with E-state index in [9.17, 15) is 14.0 Å². The topological polar surface area (TPSA) is 62.3 Å². The molecule has 0 unspecified atom stereocenters. The van der Waals surface area contributed by atoms with Crippen LogP contribution in [0.1, 0.15) is 22.8 Å². The molecule has 3 rings (SSSR count). The predicted molar refractivity (Wildman–Crippen MR) is 96.4 cm³/mol. The summed E-state index contributed by atoms with van der Waals surface area (Å²) in [5, 5.41) is 3.48. The molecular weight excluding hydrogens is 357 g/mol. The number of halogens is 2. The molecule has 1 fully saturated rings. The van der Waals surface area contributed by atoms with Crippen molar-refractivity contribution < 1.29 is 14.0 Å². The molecule has 0 spiro atoms. The van der Waals surface area contributed by atoms with Gasteiger partial charge in [-0.1, -0.05) is 23.7 Å². The lowest BCUT2D eigenvalue weighted by molar-refractivity contribution is -0.139. The van der Waals surface area contributed by atoms with Crippen molar-refractivity contribution in [2.45, 2.75) is 13.3 Å². The lowest BCUT2D eigenvalue weighted by Gasteiger charge is -2.49. The zero-order valence-electron chi connectivity index (χ0n) is 14.3. The minimum Gasteiger partial charge on any atom is -0.356 e. The number of amides is 2. The van der Waals surface area contributed by atoms with E-state index >= 15 is 0 Å². The number of likely N-dealkylation sites (tertiary alicyclic amines) is 1. The highest BCUT2D eigenvalue weighted by molar-refractivity contribution is 6.30. The third-order valence-corrected chi connectivity index (χ3v) is 4.75. The third kappa shape index (κ3) is 3.70. The molecule has 1 N–H and O–H groups in total. The second-order valence-corrected chi connectivity index (χ2v) is 6.93. The van der Waals surface area contributed by atoms with Crippen molar-refractivity contribution in [2.75, 3.05) is 19.6 Å². The monoisotopic (exact) mass is 375 g/mol. The molecule has 1 aliphatic rings. The van der Waals surface area contributed by atoms with Crippen LogP contribution in [0.3, 0.4) is 0 Å². The number of rotatable bonds is 5. The van der Waals surface area contributed by atoms with Gasteiger partial charge in [0.2, 0.25) is 5.91 Å². The zero-order valence-corrected chi connectivity index (χ0v) is 15.1. The summed E-state index contributed by atoms with van der Waals surface area (Å²) in [6, 6.07) is 8.47. The summed E-state index contributed by atoms with van der Waals surface area (Å²) < 4.78 is 13.3. The van der Waals surface area contributed by atoms with Gasteiger partial charge in [0.15, 0.2) is 0 Å². The Balaban J connectivity index is 1.76. The first-order valence-corrected chi connectivity index (χ1v) is 8.74. The van der Waals surface area contributed by atoms with Crippen molar-refractivity contribution in [3.05, 3.63) is 64.7 Å². The van der Waals surface area contributed by atoms with Crippen LogP contribution in [0.4, 0.5) is 4.39 Å². The number of hydrogen-bond donors (Lipinski definition) is 1. The molecule has 0 aliphatic carbocycles. The van der Waals surface area contributed by atoms with Crippen LogP contribution in [0.5, 0.6) is 0 Å². The molecular formula is C19H19ClFN3O2. The molecule has 5 nitrogen and oxygen atoms in total. The Bertz CT molecular complexity index is 820. The summed E-state index contributed by atoms with van der Waals surface area (Å²) in [5.41, 5.74) is 0.460. The largest absolute Gasteiger partial charge is 0.356 e. The van der Waals surface area contributed by atoms with Gasteiger partial charge in [-0.3, -0.25) is 14.6 Å². The number of nitrogens with zero attached hydrogens (tertiary/aromatic N) is 2. The first kappa shape index (κ1) is 18.3. The van der Waals surface area contributed by atoms with E-state index < -0.39 is 11.2 Å². The van der Waals surface area contributed by atoms with Crippen molar-refractivity contribution >= 4 is 23.4 Å². The lowest BCUT2D eigenvalue weighted by atomic mass is 9.73. The Morgan fingerprint density at radius 1 is 1.27 bits per heavy atom. The molecule has 2 heterocycles. The van der Waals surface area contributed by atoms with E-state index in [0.717, 1.165) is 17.8 Å². The fourth-order valence-corrected chi connectivity index (χ4v) is 3.34. The van der Waals surface area contributed by atoms with Gasteiger partial charge in [0, 0.05) is 30.9 Å². The smallest absolute Gasteiger partial charge is 0.255 e. The second-order valence-electron chi connectivity index (χ2n) is 6.50. The van der Waals surface area contributed by atoms with E-state index in [2.05, 4.69) is 10.3 Å². The van der Waals surface area contributed by atoms with Crippen molar-refractivity contribution in [1.82, 2.24) is 15.2 Å². The van der Waals surface area contributed by atoms with E-state index in [1.165, 1.54) is 6.20 Å². The van der Waals surface area contributed by atoms with Crippen LogP contribution in [0.15, 0.2) is 42.7 Å². The quantitative estimate of drug-likeness (QED) is 0.874. The van der Waals surface area contributed by atoms with E-state index in [0.29, 0.717) is 18.0 Å². The Morgan fingerprint density at radius 2 is 1.96 bits per heavy atom. The highest BCUT2D eigenvalue weighted by Gasteiger charge is 2.50. The Morgan fingerprint density at radius 3 is 2.58 bits per heavy atom. The number of nitrogens with one attached hydrogen (secondary N) is 1. The van der Waals surface area contributed by atoms with Crippen LogP contribution in [-0.2, 0) is 11.2 Å². The summed E-state index contributed by atoms with van der Waals surface area (Å²) >= 11 is 5.92. The van der Waals surface area contributed by atoms with Gasteiger partial charge < -0.3 is 10.2 Å². The van der Waals surface area contributed by atoms with Crippen LogP contribution in [-0.4, -0.2) is 41.3 Å². The molecule has 0 atom stereocenters. The summed E-state index contributed by atoms with van der Waals surface area (Å²) in [6.07, 6.45) is 2.88. The number of benzene rings is 1. The Labute approximate surface area is 156 Å². The molecule has 26 heavy (non-hydrogen) atoms. The number of aromatic nitrogens is 1. The van der Waals surface area contributed by atoms with E-state index in [4.69, 9.17) is 11.6 Å². The van der Waals surface area contributed by atoms with E-state index in [1.54, 1.807) is 17.0 Å². The zero-order chi connectivity index (χ0) is 18.7. The highest BCUT2D eigenvalue weighted by Crippen LogP contribution is 2.36. The molecule has 0 bridgehead atoms. The van der Waals surface area contributed by atoms with Gasteiger partial charge in [0.05, 0.1) is 17.2 Å². The van der Waals surface area contributed by atoms with Crippen molar-refractivity contribution in [3.63, 3.8) is 0 Å². The SMILES string of the molecule is CCNC(=O)C1(Cc2ccc(Cl)cc2)CN(C(=O)c2cncc(F)c2)C1. The minimum absolute atomic E-state index is 0.0867. The van der Waals surface area contributed by atoms with Crippen LogP contribution >= 0.6 is 11.6 Å². The van der Waals surface area contributed by atoms with Gasteiger partial charge in [-0.15, -0.1) is 0 Å². The Kier molecular flexibility index (Phi) is 5.23. The Hall–Kier alpha value is -2.47. The standard InChI is InChI=1S/C19H19ClFN3O2/c1-2-23-18(26)19(8-13-3-5-15(20)6-4-13)11-24(12-19)17(25)14-7-16(21)10-22-9-14/h3-7,9-10H,2,8,11-12H2,1H3,(H,23,26). The summed E-state index contributed by atoms with van der Waals surface area (Å²) in [6.45, 7) is 2.92. The molecule has 1 aromatic heterocycles. The number of carbonyl (C=O) groups is 2. The van der Waals surface area contributed by atoms with Gasteiger partial charge >= 0.3 is 0 Å². The maximum Gasteiger partial charge on any atom is 0.255 e. The van der Waals surface area contributed by atoms with Gasteiger partial charge in [0.25, 0.3) is 5.91 Å². The fraction of sp³-hybridized carbons (Fsp3) is 0.316. The molecule has 2 amide bonds. The van der Waals surface area contributed by atoms with Gasteiger partial charge in [-0.25, -0.2) is 4.39 Å². The highest BCUT2D eigenvalue weighted by atomic mass is 35.5. The average molecular weight is 376 g/mol. The first-order valence-electron chi connectivity index (χ1n) is 8.36. The lowest BCUT2D eigenvalue weighted by Crippen LogP contribution is -2.65. The summed E-state index contributed by atoms with van der Waals surface area (Å²) in [4.78, 5) is 30.4. The molecule has 0 saturated carbocycles. The molecule has 1 aromatic carbocycles. The van der Waals surface area contributed by atoms with E-state index in [1.807, 2.05) is 19.1 Å². The van der Waals surface area contributed by atoms with Gasteiger partial charge in [-0.05, 0) is 37.1 Å². The molecule has 1 aliphatic heterocycles. The van der Waals surface area contributed by atoms with Crippen LogP contribution < -0.4 is 5.32 Å². The molecule has 136 valence electrons. The minimum atomic E-state index is -0.694.